The minimum atomic E-state index is -0.0717. The van der Waals surface area contributed by atoms with Crippen LogP contribution in [0.15, 0.2) is 48.5 Å². The quantitative estimate of drug-likeness (QED) is 0.862. The Balaban J connectivity index is 2.06. The van der Waals surface area contributed by atoms with Gasteiger partial charge in [0.25, 0.3) is 0 Å². The van der Waals surface area contributed by atoms with Crippen LogP contribution in [0.4, 0.5) is 5.69 Å². The van der Waals surface area contributed by atoms with Gasteiger partial charge in [0.2, 0.25) is 5.91 Å². The van der Waals surface area contributed by atoms with Crippen molar-refractivity contribution in [1.82, 2.24) is 0 Å². The van der Waals surface area contributed by atoms with Crippen molar-refractivity contribution in [2.75, 3.05) is 5.32 Å². The van der Waals surface area contributed by atoms with Gasteiger partial charge < -0.3 is 5.32 Å². The van der Waals surface area contributed by atoms with Crippen molar-refractivity contribution in [2.45, 2.75) is 20.3 Å². The molecular formula is C17H17NO2. The Morgan fingerprint density at radius 2 is 1.35 bits per heavy atom. The summed E-state index contributed by atoms with van der Waals surface area (Å²) in [7, 11) is 0. The molecule has 0 aliphatic carbocycles. The first kappa shape index (κ1) is 14.0. The van der Waals surface area contributed by atoms with Crippen LogP contribution < -0.4 is 5.32 Å². The monoisotopic (exact) mass is 267 g/mol. The van der Waals surface area contributed by atoms with Gasteiger partial charge in [0.1, 0.15) is 0 Å². The topological polar surface area (TPSA) is 46.2 Å². The normalized spacial score (nSPS) is 10.1. The second-order valence-electron chi connectivity index (χ2n) is 4.81. The molecule has 0 spiro atoms. The molecule has 0 heterocycles. The number of amides is 1. The Labute approximate surface area is 118 Å². The largest absolute Gasteiger partial charge is 0.326 e. The molecule has 0 aliphatic heterocycles. The van der Waals surface area contributed by atoms with Gasteiger partial charge in [-0.2, -0.15) is 0 Å². The third kappa shape index (κ3) is 3.79. The van der Waals surface area contributed by atoms with Gasteiger partial charge in [-0.1, -0.05) is 36.4 Å². The minimum absolute atomic E-state index is 0.0717. The molecule has 20 heavy (non-hydrogen) atoms. The Hall–Kier alpha value is -2.42. The van der Waals surface area contributed by atoms with Crippen molar-refractivity contribution < 1.29 is 9.59 Å². The lowest BCUT2D eigenvalue weighted by Gasteiger charge is -2.05. The summed E-state index contributed by atoms with van der Waals surface area (Å²) in [6.07, 6.45) is 0.804. The predicted molar refractivity (Wildman–Crippen MR) is 80.0 cm³/mol. The predicted octanol–water partition coefficient (Wildman–Crippen LogP) is 3.44. The summed E-state index contributed by atoms with van der Waals surface area (Å²) in [4.78, 5) is 22.1. The molecular weight excluding hydrogens is 250 g/mol. The van der Waals surface area contributed by atoms with E-state index < -0.39 is 0 Å². The average molecular weight is 267 g/mol. The zero-order valence-electron chi connectivity index (χ0n) is 11.6. The number of hydrogen-bond acceptors (Lipinski definition) is 2. The van der Waals surface area contributed by atoms with Gasteiger partial charge in [-0.3, -0.25) is 9.59 Å². The first-order valence-corrected chi connectivity index (χ1v) is 6.51. The van der Waals surface area contributed by atoms with Crippen LogP contribution in [-0.4, -0.2) is 11.7 Å². The molecule has 1 N–H and O–H groups in total. The smallest absolute Gasteiger partial charge is 0.221 e. The molecule has 0 saturated heterocycles. The van der Waals surface area contributed by atoms with E-state index in [-0.39, 0.29) is 11.7 Å². The van der Waals surface area contributed by atoms with Gasteiger partial charge in [0, 0.05) is 18.2 Å². The number of rotatable bonds is 4. The maximum absolute atomic E-state index is 11.2. The number of hydrogen-bond donors (Lipinski definition) is 1. The van der Waals surface area contributed by atoms with Crippen molar-refractivity contribution >= 4 is 17.4 Å². The van der Waals surface area contributed by atoms with Crippen LogP contribution in [0.1, 0.15) is 35.3 Å². The highest BCUT2D eigenvalue weighted by Gasteiger charge is 2.01. The molecule has 0 aromatic heterocycles. The van der Waals surface area contributed by atoms with Gasteiger partial charge in [0.05, 0.1) is 0 Å². The number of carbonyl (C=O) groups is 2. The maximum atomic E-state index is 11.2. The molecule has 0 fully saturated rings. The van der Waals surface area contributed by atoms with Crippen molar-refractivity contribution in [3.63, 3.8) is 0 Å². The van der Waals surface area contributed by atoms with E-state index in [4.69, 9.17) is 0 Å². The molecule has 102 valence electrons. The van der Waals surface area contributed by atoms with Gasteiger partial charge >= 0.3 is 0 Å². The summed E-state index contributed by atoms with van der Waals surface area (Å²) >= 11 is 0. The molecule has 2 aromatic carbocycles. The molecule has 0 aliphatic rings. The van der Waals surface area contributed by atoms with Gasteiger partial charge in [0.15, 0.2) is 5.78 Å². The minimum Gasteiger partial charge on any atom is -0.326 e. The first-order valence-electron chi connectivity index (χ1n) is 6.51. The fraction of sp³-hybridized carbons (Fsp3) is 0.176. The van der Waals surface area contributed by atoms with E-state index in [1.54, 1.807) is 6.92 Å². The van der Waals surface area contributed by atoms with Crippen LogP contribution in [0.3, 0.4) is 0 Å². The summed E-state index contributed by atoms with van der Waals surface area (Å²) in [6, 6.07) is 15.4. The molecule has 0 unspecified atom stereocenters. The van der Waals surface area contributed by atoms with E-state index >= 15 is 0 Å². The van der Waals surface area contributed by atoms with Gasteiger partial charge in [-0.05, 0) is 36.6 Å². The van der Waals surface area contributed by atoms with Crippen molar-refractivity contribution in [3.05, 3.63) is 65.2 Å². The van der Waals surface area contributed by atoms with Crippen molar-refractivity contribution in [3.8, 4) is 0 Å². The Morgan fingerprint density at radius 3 is 1.80 bits per heavy atom. The molecule has 0 bridgehead atoms. The zero-order chi connectivity index (χ0) is 14.5. The molecule has 0 atom stereocenters. The first-order chi connectivity index (χ1) is 9.54. The Morgan fingerprint density at radius 1 is 0.850 bits per heavy atom. The fourth-order valence-corrected chi connectivity index (χ4v) is 2.00. The van der Waals surface area contributed by atoms with Crippen LogP contribution in [0, 0.1) is 0 Å². The zero-order valence-corrected chi connectivity index (χ0v) is 11.6. The summed E-state index contributed by atoms with van der Waals surface area (Å²) in [5.41, 5.74) is 3.85. The maximum Gasteiger partial charge on any atom is 0.221 e. The molecule has 0 saturated carbocycles. The summed E-state index contributed by atoms with van der Waals surface area (Å²) in [6.45, 7) is 3.06. The molecule has 3 nitrogen and oxygen atoms in total. The SMILES string of the molecule is CC(=O)Nc1ccc(Cc2ccc(C(C)=O)cc2)cc1. The van der Waals surface area contributed by atoms with E-state index in [9.17, 15) is 9.59 Å². The molecule has 2 aromatic rings. The molecule has 1 amide bonds. The van der Waals surface area contributed by atoms with Crippen LogP contribution in [0.2, 0.25) is 0 Å². The van der Waals surface area contributed by atoms with Crippen molar-refractivity contribution in [1.29, 1.82) is 0 Å². The van der Waals surface area contributed by atoms with E-state index in [2.05, 4.69) is 5.32 Å². The van der Waals surface area contributed by atoms with Gasteiger partial charge in [-0.25, -0.2) is 0 Å². The van der Waals surface area contributed by atoms with Crippen molar-refractivity contribution in [2.24, 2.45) is 0 Å². The number of benzene rings is 2. The van der Waals surface area contributed by atoms with E-state index in [1.807, 2.05) is 48.5 Å². The Bertz CT molecular complexity index is 612. The number of anilines is 1. The summed E-state index contributed by atoms with van der Waals surface area (Å²) in [5, 5.41) is 2.74. The average Bonchev–Trinajstić information content (AvgIpc) is 2.41. The van der Waals surface area contributed by atoms with Crippen LogP contribution in [-0.2, 0) is 11.2 Å². The molecule has 0 radical (unpaired) electrons. The van der Waals surface area contributed by atoms with Crippen LogP contribution in [0.25, 0.3) is 0 Å². The Kier molecular flexibility index (Phi) is 4.31. The lowest BCUT2D eigenvalue weighted by molar-refractivity contribution is -0.114. The lowest BCUT2D eigenvalue weighted by atomic mass is 10.0. The van der Waals surface area contributed by atoms with Crippen LogP contribution >= 0.6 is 0 Å². The number of carbonyl (C=O) groups excluding carboxylic acids is 2. The van der Waals surface area contributed by atoms with E-state index in [0.29, 0.717) is 0 Å². The number of nitrogens with one attached hydrogen (secondary N) is 1. The second-order valence-corrected chi connectivity index (χ2v) is 4.81. The highest BCUT2D eigenvalue weighted by Crippen LogP contribution is 2.14. The number of Topliss-reactive ketones (excluding diaryl/α,β-unsaturated/α-hetero) is 1. The number of ketones is 1. The van der Waals surface area contributed by atoms with Gasteiger partial charge in [-0.15, -0.1) is 0 Å². The third-order valence-electron chi connectivity index (χ3n) is 3.04. The van der Waals surface area contributed by atoms with E-state index in [1.165, 1.54) is 6.92 Å². The molecule has 3 heteroatoms. The third-order valence-corrected chi connectivity index (χ3v) is 3.04. The highest BCUT2D eigenvalue weighted by molar-refractivity contribution is 5.94. The second kappa shape index (κ2) is 6.15. The fourth-order valence-electron chi connectivity index (χ4n) is 2.00. The summed E-state index contributed by atoms with van der Waals surface area (Å²) in [5.74, 6) is 0.00813. The molecule has 2 rings (SSSR count). The lowest BCUT2D eigenvalue weighted by Crippen LogP contribution is -2.05. The summed E-state index contributed by atoms with van der Waals surface area (Å²) < 4.78 is 0. The van der Waals surface area contributed by atoms with Crippen LogP contribution in [0.5, 0.6) is 0 Å². The highest BCUT2D eigenvalue weighted by atomic mass is 16.1. The van der Waals surface area contributed by atoms with E-state index in [0.717, 1.165) is 28.8 Å². The standard InChI is InChI=1S/C17H17NO2/c1-12(19)16-7-3-14(4-8-16)11-15-5-9-17(10-6-15)18-13(2)20/h3-10H,11H2,1-2H3,(H,18,20).